The molecule has 1 fully saturated rings. The number of hydrogen-bond donors (Lipinski definition) is 0. The summed E-state index contributed by atoms with van der Waals surface area (Å²) in [6.07, 6.45) is 0.285. The Morgan fingerprint density at radius 2 is 2.33 bits per heavy atom. The lowest BCUT2D eigenvalue weighted by Crippen LogP contribution is -2.03. The highest BCUT2D eigenvalue weighted by molar-refractivity contribution is 5.84. The van der Waals surface area contributed by atoms with E-state index in [2.05, 4.69) is 0 Å². The van der Waals surface area contributed by atoms with Crippen molar-refractivity contribution in [3.05, 3.63) is 30.0 Å². The van der Waals surface area contributed by atoms with Crippen molar-refractivity contribution >= 4 is 11.0 Å². The minimum Gasteiger partial charge on any atom is -0.490 e. The zero-order valence-electron chi connectivity index (χ0n) is 8.53. The van der Waals surface area contributed by atoms with E-state index in [1.54, 1.807) is 0 Å². The van der Waals surface area contributed by atoms with Gasteiger partial charge < -0.3 is 13.9 Å². The maximum Gasteiger partial charge on any atom is 0.137 e. The average Bonchev–Trinajstić information content (AvgIpc) is 2.96. The summed E-state index contributed by atoms with van der Waals surface area (Å²) in [6, 6.07) is 7.84. The second-order valence-electron chi connectivity index (χ2n) is 3.79. The molecule has 3 heteroatoms. The van der Waals surface area contributed by atoms with E-state index in [1.165, 1.54) is 0 Å². The molecule has 0 saturated carbocycles. The molecule has 0 bridgehead atoms. The fourth-order valence-corrected chi connectivity index (χ4v) is 1.63. The van der Waals surface area contributed by atoms with Gasteiger partial charge in [-0.3, -0.25) is 0 Å². The van der Waals surface area contributed by atoms with Crippen LogP contribution in [0.2, 0.25) is 0 Å². The Labute approximate surface area is 87.6 Å². The summed E-state index contributed by atoms with van der Waals surface area (Å²) in [5.41, 5.74) is 0.877. The molecule has 0 radical (unpaired) electrons. The van der Waals surface area contributed by atoms with Gasteiger partial charge in [0.25, 0.3) is 0 Å². The Bertz CT molecular complexity index is 483. The third kappa shape index (κ3) is 1.70. The molecule has 2 aromatic rings. The first-order valence-electron chi connectivity index (χ1n) is 5.06. The van der Waals surface area contributed by atoms with Gasteiger partial charge in [-0.15, -0.1) is 0 Å². The van der Waals surface area contributed by atoms with Crippen LogP contribution in [0.25, 0.3) is 11.0 Å². The quantitative estimate of drug-likeness (QED) is 0.720. The van der Waals surface area contributed by atoms with E-state index in [0.717, 1.165) is 29.1 Å². The molecule has 3 rings (SSSR count). The molecule has 0 aliphatic carbocycles. The number of rotatable bonds is 3. The topological polar surface area (TPSA) is 34.9 Å². The van der Waals surface area contributed by atoms with E-state index in [-0.39, 0.29) is 6.10 Å². The van der Waals surface area contributed by atoms with Crippen LogP contribution in [-0.2, 0) is 4.74 Å². The Kier molecular flexibility index (Phi) is 1.92. The van der Waals surface area contributed by atoms with Crippen molar-refractivity contribution in [1.29, 1.82) is 0 Å². The van der Waals surface area contributed by atoms with Gasteiger partial charge in [0.2, 0.25) is 0 Å². The fourth-order valence-electron chi connectivity index (χ4n) is 1.63. The van der Waals surface area contributed by atoms with Crippen molar-refractivity contribution in [1.82, 2.24) is 0 Å². The van der Waals surface area contributed by atoms with E-state index in [4.69, 9.17) is 13.9 Å². The predicted octanol–water partition coefficient (Wildman–Crippen LogP) is 2.52. The summed E-state index contributed by atoms with van der Waals surface area (Å²) in [5.74, 6) is 1.78. The number of hydrogen-bond acceptors (Lipinski definition) is 3. The summed E-state index contributed by atoms with van der Waals surface area (Å²) < 4.78 is 16.3. The summed E-state index contributed by atoms with van der Waals surface area (Å²) in [7, 11) is 0. The van der Waals surface area contributed by atoms with Gasteiger partial charge in [-0.05, 0) is 25.1 Å². The molecule has 0 spiro atoms. The SMILES string of the molecule is Cc1cc2c(OC[C@@H]3CO3)cccc2o1. The van der Waals surface area contributed by atoms with E-state index in [1.807, 2.05) is 31.2 Å². The molecule has 0 N–H and O–H groups in total. The van der Waals surface area contributed by atoms with Gasteiger partial charge in [0.15, 0.2) is 0 Å². The molecule has 1 atom stereocenters. The number of benzene rings is 1. The Morgan fingerprint density at radius 1 is 1.47 bits per heavy atom. The first-order chi connectivity index (χ1) is 7.33. The van der Waals surface area contributed by atoms with Crippen molar-refractivity contribution in [2.24, 2.45) is 0 Å². The summed E-state index contributed by atoms with van der Waals surface area (Å²) in [4.78, 5) is 0. The maximum absolute atomic E-state index is 5.67. The second kappa shape index (κ2) is 3.28. The molecule has 0 amide bonds. The van der Waals surface area contributed by atoms with E-state index in [9.17, 15) is 0 Å². The molecule has 2 heterocycles. The number of aryl methyl sites for hydroxylation is 1. The van der Waals surface area contributed by atoms with E-state index in [0.29, 0.717) is 6.61 Å². The summed E-state index contributed by atoms with van der Waals surface area (Å²) >= 11 is 0. The average molecular weight is 204 g/mol. The van der Waals surface area contributed by atoms with Crippen LogP contribution in [0.1, 0.15) is 5.76 Å². The van der Waals surface area contributed by atoms with Gasteiger partial charge in [-0.25, -0.2) is 0 Å². The smallest absolute Gasteiger partial charge is 0.137 e. The van der Waals surface area contributed by atoms with Crippen LogP contribution in [0.15, 0.2) is 28.7 Å². The first kappa shape index (κ1) is 8.80. The van der Waals surface area contributed by atoms with Crippen molar-refractivity contribution in [3.8, 4) is 5.75 Å². The van der Waals surface area contributed by atoms with Crippen LogP contribution in [0.4, 0.5) is 0 Å². The highest BCUT2D eigenvalue weighted by Gasteiger charge is 2.23. The number of furan rings is 1. The molecule has 3 nitrogen and oxygen atoms in total. The van der Waals surface area contributed by atoms with Gasteiger partial charge in [0.05, 0.1) is 12.0 Å². The van der Waals surface area contributed by atoms with E-state index >= 15 is 0 Å². The molecule has 1 aromatic carbocycles. The minimum absolute atomic E-state index is 0.285. The van der Waals surface area contributed by atoms with Gasteiger partial charge in [-0.2, -0.15) is 0 Å². The van der Waals surface area contributed by atoms with Crippen molar-refractivity contribution in [3.63, 3.8) is 0 Å². The summed E-state index contributed by atoms with van der Waals surface area (Å²) in [6.45, 7) is 3.39. The first-order valence-corrected chi connectivity index (χ1v) is 5.06. The third-order valence-electron chi connectivity index (χ3n) is 2.47. The highest BCUT2D eigenvalue weighted by atomic mass is 16.6. The highest BCUT2D eigenvalue weighted by Crippen LogP contribution is 2.28. The van der Waals surface area contributed by atoms with Crippen molar-refractivity contribution in [2.75, 3.05) is 13.2 Å². The maximum atomic E-state index is 5.67. The molecule has 1 aliphatic rings. The Balaban J connectivity index is 1.93. The molecular weight excluding hydrogens is 192 g/mol. The van der Waals surface area contributed by atoms with Gasteiger partial charge >= 0.3 is 0 Å². The van der Waals surface area contributed by atoms with Crippen LogP contribution >= 0.6 is 0 Å². The lowest BCUT2D eigenvalue weighted by Gasteiger charge is -2.04. The van der Waals surface area contributed by atoms with Crippen LogP contribution in [0.5, 0.6) is 5.75 Å². The van der Waals surface area contributed by atoms with Crippen LogP contribution in [-0.4, -0.2) is 19.3 Å². The van der Waals surface area contributed by atoms with Crippen LogP contribution in [0.3, 0.4) is 0 Å². The zero-order valence-corrected chi connectivity index (χ0v) is 8.53. The molecule has 15 heavy (non-hydrogen) atoms. The van der Waals surface area contributed by atoms with Gasteiger partial charge in [0, 0.05) is 0 Å². The normalized spacial score (nSPS) is 19.4. The standard InChI is InChI=1S/C12H12O3/c1-8-5-10-11(14-7-9-6-13-9)3-2-4-12(10)15-8/h2-5,9H,6-7H2,1H3/t9-/m0/s1. The lowest BCUT2D eigenvalue weighted by molar-refractivity contribution is 0.265. The van der Waals surface area contributed by atoms with Gasteiger partial charge in [0.1, 0.15) is 29.8 Å². The van der Waals surface area contributed by atoms with Crippen LogP contribution in [0, 0.1) is 6.92 Å². The van der Waals surface area contributed by atoms with E-state index < -0.39 is 0 Å². The molecule has 1 saturated heterocycles. The number of ether oxygens (including phenoxy) is 2. The fraction of sp³-hybridized carbons (Fsp3) is 0.333. The molecule has 0 unspecified atom stereocenters. The predicted molar refractivity (Wildman–Crippen MR) is 56.2 cm³/mol. The zero-order chi connectivity index (χ0) is 10.3. The Hall–Kier alpha value is -1.48. The van der Waals surface area contributed by atoms with Crippen molar-refractivity contribution in [2.45, 2.75) is 13.0 Å². The minimum atomic E-state index is 0.285. The molecular formula is C12H12O3. The molecule has 78 valence electrons. The third-order valence-corrected chi connectivity index (χ3v) is 2.47. The van der Waals surface area contributed by atoms with Crippen LogP contribution < -0.4 is 4.74 Å². The number of fused-ring (bicyclic) bond motifs is 1. The molecule has 1 aromatic heterocycles. The lowest BCUT2D eigenvalue weighted by atomic mass is 10.2. The number of epoxide rings is 1. The summed E-state index contributed by atoms with van der Waals surface area (Å²) in [5, 5.41) is 1.04. The second-order valence-corrected chi connectivity index (χ2v) is 3.79. The van der Waals surface area contributed by atoms with Gasteiger partial charge in [-0.1, -0.05) is 6.07 Å². The largest absolute Gasteiger partial charge is 0.490 e. The Morgan fingerprint density at radius 3 is 3.13 bits per heavy atom. The molecule has 1 aliphatic heterocycles. The van der Waals surface area contributed by atoms with Crippen molar-refractivity contribution < 1.29 is 13.9 Å². The monoisotopic (exact) mass is 204 g/mol.